The van der Waals surface area contributed by atoms with Crippen LogP contribution in [0.1, 0.15) is 23.6 Å². The normalized spacial score (nSPS) is 11.7. The van der Waals surface area contributed by atoms with Crippen molar-refractivity contribution in [2.45, 2.75) is 25.7 Å². The van der Waals surface area contributed by atoms with Crippen LogP contribution in [0.3, 0.4) is 0 Å². The molecule has 0 aliphatic rings. The van der Waals surface area contributed by atoms with Crippen LogP contribution < -0.4 is 14.5 Å². The van der Waals surface area contributed by atoms with Crippen molar-refractivity contribution in [1.82, 2.24) is 5.43 Å². The Morgan fingerprint density at radius 1 is 1.00 bits per heavy atom. The van der Waals surface area contributed by atoms with Gasteiger partial charge >= 0.3 is 0 Å². The van der Waals surface area contributed by atoms with Crippen LogP contribution >= 0.6 is 11.6 Å². The van der Waals surface area contributed by atoms with E-state index in [9.17, 15) is 13.2 Å². The molecule has 1 amide bonds. The zero-order valence-corrected chi connectivity index (χ0v) is 20.9. The highest BCUT2D eigenvalue weighted by Crippen LogP contribution is 2.33. The van der Waals surface area contributed by atoms with Crippen molar-refractivity contribution in [3.8, 4) is 5.75 Å². The number of hydrazone groups is 1. The van der Waals surface area contributed by atoms with E-state index in [1.807, 2.05) is 13.8 Å². The van der Waals surface area contributed by atoms with Gasteiger partial charge in [0, 0.05) is 5.02 Å². The molecular weight excluding hydrogens is 474 g/mol. The van der Waals surface area contributed by atoms with E-state index in [2.05, 4.69) is 10.5 Å². The van der Waals surface area contributed by atoms with Crippen LogP contribution in [0.5, 0.6) is 5.75 Å². The molecule has 0 saturated heterocycles. The maximum Gasteiger partial charge on any atom is 0.264 e. The van der Waals surface area contributed by atoms with E-state index >= 15 is 0 Å². The van der Waals surface area contributed by atoms with Crippen LogP contribution in [0.4, 0.5) is 5.69 Å². The van der Waals surface area contributed by atoms with E-state index in [4.69, 9.17) is 16.3 Å². The molecule has 0 aromatic heterocycles. The number of sulfonamides is 1. The lowest BCUT2D eigenvalue weighted by Gasteiger charge is -2.25. The minimum Gasteiger partial charge on any atom is -0.495 e. The molecule has 0 aliphatic carbocycles. The maximum absolute atomic E-state index is 13.6. The van der Waals surface area contributed by atoms with Crippen LogP contribution in [-0.4, -0.2) is 33.7 Å². The first-order valence-electron chi connectivity index (χ1n) is 10.4. The van der Waals surface area contributed by atoms with Crippen molar-refractivity contribution in [3.63, 3.8) is 0 Å². The Morgan fingerprint density at radius 2 is 1.62 bits per heavy atom. The molecular formula is C25H26ClN3O4S. The largest absolute Gasteiger partial charge is 0.495 e. The Labute approximate surface area is 205 Å². The summed E-state index contributed by atoms with van der Waals surface area (Å²) in [6.45, 7) is 4.94. The number of nitrogens with one attached hydrogen (secondary N) is 1. The summed E-state index contributed by atoms with van der Waals surface area (Å²) in [6.07, 6.45) is 0. The van der Waals surface area contributed by atoms with Gasteiger partial charge in [0.1, 0.15) is 12.3 Å². The predicted octanol–water partition coefficient (Wildman–Crippen LogP) is 4.70. The van der Waals surface area contributed by atoms with Gasteiger partial charge in [-0.3, -0.25) is 9.10 Å². The fraction of sp³-hybridized carbons (Fsp3) is 0.200. The zero-order valence-electron chi connectivity index (χ0n) is 19.4. The lowest BCUT2D eigenvalue weighted by atomic mass is 10.1. The molecule has 9 heteroatoms. The average Bonchev–Trinajstić information content (AvgIpc) is 2.81. The van der Waals surface area contributed by atoms with Crippen molar-refractivity contribution in [1.29, 1.82) is 0 Å². The van der Waals surface area contributed by atoms with Gasteiger partial charge < -0.3 is 4.74 Å². The third-order valence-electron chi connectivity index (χ3n) is 5.11. The quantitative estimate of drug-likeness (QED) is 0.359. The first-order valence-corrected chi connectivity index (χ1v) is 12.3. The van der Waals surface area contributed by atoms with E-state index in [0.717, 1.165) is 21.0 Å². The van der Waals surface area contributed by atoms with Crippen molar-refractivity contribution in [2.24, 2.45) is 5.10 Å². The van der Waals surface area contributed by atoms with E-state index in [1.165, 1.54) is 19.2 Å². The molecule has 0 spiro atoms. The molecule has 3 rings (SSSR count). The van der Waals surface area contributed by atoms with Gasteiger partial charge in [0.15, 0.2) is 0 Å². The van der Waals surface area contributed by atoms with Gasteiger partial charge in [-0.05, 0) is 68.3 Å². The molecule has 178 valence electrons. The molecule has 1 N–H and O–H groups in total. The van der Waals surface area contributed by atoms with Crippen molar-refractivity contribution >= 4 is 38.9 Å². The molecule has 34 heavy (non-hydrogen) atoms. The number of carbonyl (C=O) groups excluding carboxylic acids is 1. The van der Waals surface area contributed by atoms with Gasteiger partial charge in [-0.2, -0.15) is 5.10 Å². The number of rotatable bonds is 8. The zero-order chi connectivity index (χ0) is 24.9. The number of benzene rings is 3. The van der Waals surface area contributed by atoms with Crippen molar-refractivity contribution in [3.05, 3.63) is 88.4 Å². The molecule has 0 fully saturated rings. The van der Waals surface area contributed by atoms with Crippen LogP contribution in [0.15, 0.2) is 76.7 Å². The third kappa shape index (κ3) is 5.95. The highest BCUT2D eigenvalue weighted by Gasteiger charge is 2.29. The van der Waals surface area contributed by atoms with E-state index < -0.39 is 22.5 Å². The van der Waals surface area contributed by atoms with Gasteiger partial charge in [-0.15, -0.1) is 0 Å². The van der Waals surface area contributed by atoms with Crippen molar-refractivity contribution < 1.29 is 17.9 Å². The second kappa shape index (κ2) is 10.7. The number of anilines is 1. The Balaban J connectivity index is 1.95. The summed E-state index contributed by atoms with van der Waals surface area (Å²) in [5, 5.41) is 4.71. The highest BCUT2D eigenvalue weighted by atomic mass is 35.5. The minimum atomic E-state index is -4.08. The summed E-state index contributed by atoms with van der Waals surface area (Å²) in [5.41, 5.74) is 5.77. The fourth-order valence-corrected chi connectivity index (χ4v) is 4.75. The minimum absolute atomic E-state index is 0.0651. The summed E-state index contributed by atoms with van der Waals surface area (Å²) in [4.78, 5) is 12.9. The molecule has 3 aromatic carbocycles. The number of halogens is 1. The topological polar surface area (TPSA) is 88.1 Å². The molecule has 0 aliphatic heterocycles. The third-order valence-corrected chi connectivity index (χ3v) is 7.14. The van der Waals surface area contributed by atoms with Gasteiger partial charge in [0.05, 0.1) is 23.4 Å². The molecule has 0 bridgehead atoms. The molecule has 0 heterocycles. The Bertz CT molecular complexity index is 1300. The number of methoxy groups -OCH3 is 1. The second-order valence-electron chi connectivity index (χ2n) is 7.74. The average molecular weight is 500 g/mol. The Kier molecular flexibility index (Phi) is 7.96. The van der Waals surface area contributed by atoms with Gasteiger partial charge in [-0.1, -0.05) is 47.5 Å². The fourth-order valence-electron chi connectivity index (χ4n) is 3.20. The number of carbonyl (C=O) groups is 1. The van der Waals surface area contributed by atoms with E-state index in [1.54, 1.807) is 61.5 Å². The van der Waals surface area contributed by atoms with Crippen LogP contribution in [0, 0.1) is 13.8 Å². The number of aryl methyl sites for hydroxylation is 2. The number of nitrogens with zero attached hydrogens (tertiary/aromatic N) is 2. The van der Waals surface area contributed by atoms with E-state index in [0.29, 0.717) is 16.5 Å². The van der Waals surface area contributed by atoms with Crippen LogP contribution in [0.25, 0.3) is 0 Å². The summed E-state index contributed by atoms with van der Waals surface area (Å²) in [6, 6.07) is 18.6. The number of hydrogen-bond acceptors (Lipinski definition) is 5. The molecule has 0 saturated carbocycles. The molecule has 7 nitrogen and oxygen atoms in total. The molecule has 3 aromatic rings. The van der Waals surface area contributed by atoms with Crippen molar-refractivity contribution in [2.75, 3.05) is 18.0 Å². The molecule has 0 unspecified atom stereocenters. The lowest BCUT2D eigenvalue weighted by Crippen LogP contribution is -2.40. The lowest BCUT2D eigenvalue weighted by molar-refractivity contribution is -0.119. The second-order valence-corrected chi connectivity index (χ2v) is 10.0. The van der Waals surface area contributed by atoms with Gasteiger partial charge in [0.25, 0.3) is 15.9 Å². The SMILES string of the molecule is COc1ccc(C)cc1N(CC(=O)N/N=C(/C)c1ccc(Cl)cc1)S(=O)(=O)c1ccc(C)cc1. The highest BCUT2D eigenvalue weighted by molar-refractivity contribution is 7.92. The Morgan fingerprint density at radius 3 is 2.24 bits per heavy atom. The number of amides is 1. The summed E-state index contributed by atoms with van der Waals surface area (Å²) in [5.74, 6) is -0.275. The first kappa shape index (κ1) is 25.3. The van der Waals surface area contributed by atoms with Gasteiger partial charge in [-0.25, -0.2) is 13.8 Å². The summed E-state index contributed by atoms with van der Waals surface area (Å²) in [7, 11) is -2.63. The Hall–Kier alpha value is -3.36. The smallest absolute Gasteiger partial charge is 0.264 e. The monoisotopic (exact) mass is 499 g/mol. The molecule has 0 radical (unpaired) electrons. The molecule has 0 atom stereocenters. The predicted molar refractivity (Wildman–Crippen MR) is 135 cm³/mol. The van der Waals surface area contributed by atoms with Gasteiger partial charge in [0.2, 0.25) is 0 Å². The standard InChI is InChI=1S/C25H26ClN3O4S/c1-17-5-12-22(13-6-17)34(31,32)29(23-15-18(2)7-14-24(23)33-4)16-25(30)28-27-19(3)20-8-10-21(26)11-9-20/h5-15H,16H2,1-4H3,(H,28,30)/b27-19-. The van der Waals surface area contributed by atoms with Crippen LogP contribution in [-0.2, 0) is 14.8 Å². The van der Waals surface area contributed by atoms with E-state index in [-0.39, 0.29) is 10.6 Å². The number of hydrogen-bond donors (Lipinski definition) is 1. The maximum atomic E-state index is 13.6. The summed E-state index contributed by atoms with van der Waals surface area (Å²) < 4.78 is 33.6. The summed E-state index contributed by atoms with van der Waals surface area (Å²) >= 11 is 5.91. The first-order chi connectivity index (χ1) is 16.1. The number of ether oxygens (including phenoxy) is 1. The van der Waals surface area contributed by atoms with Crippen LogP contribution in [0.2, 0.25) is 5.02 Å².